The first-order valence-corrected chi connectivity index (χ1v) is 3.95. The predicted octanol–water partition coefficient (Wildman–Crippen LogP) is 1.92. The molecule has 0 amide bonds. The molecule has 2 rings (SSSR count). The summed E-state index contributed by atoms with van der Waals surface area (Å²) in [5.41, 5.74) is 1.01. The molecule has 1 aromatic carbocycles. The minimum absolute atomic E-state index is 0. The van der Waals surface area contributed by atoms with Crippen LogP contribution in [0, 0.1) is 0 Å². The lowest BCUT2D eigenvalue weighted by molar-refractivity contribution is 0.298. The highest BCUT2D eigenvalue weighted by atomic mass is 35.5. The van der Waals surface area contributed by atoms with Gasteiger partial charge in [-0.3, -0.25) is 0 Å². The fourth-order valence-electron chi connectivity index (χ4n) is 1.30. The maximum Gasteiger partial charge on any atom is 0.184 e. The molecule has 0 atom stereocenters. The Bertz CT molecular complexity index is 277. The van der Waals surface area contributed by atoms with E-state index in [1.807, 2.05) is 18.2 Å². The highest BCUT2D eigenvalue weighted by Crippen LogP contribution is 2.36. The van der Waals surface area contributed by atoms with Crippen LogP contribution >= 0.6 is 12.4 Å². The molecule has 1 heterocycles. The van der Waals surface area contributed by atoms with Gasteiger partial charge in [-0.2, -0.15) is 0 Å². The standard InChI is InChI=1S/C9H11NO2.ClH/c1-11-8-4-2-3-7-9(8)12-6-5-10-7;/h2-4,10H,5-6H2,1H3;1H. The van der Waals surface area contributed by atoms with Crippen molar-refractivity contribution in [2.75, 3.05) is 25.6 Å². The number of para-hydroxylation sites is 1. The molecule has 0 saturated carbocycles. The number of rotatable bonds is 1. The van der Waals surface area contributed by atoms with Crippen LogP contribution in [0.4, 0.5) is 5.69 Å². The number of ether oxygens (including phenoxy) is 2. The van der Waals surface area contributed by atoms with Crippen molar-refractivity contribution in [2.45, 2.75) is 0 Å². The Hall–Kier alpha value is -1.09. The molecule has 1 aliphatic rings. The van der Waals surface area contributed by atoms with Gasteiger partial charge in [-0.1, -0.05) is 6.07 Å². The number of halogens is 1. The van der Waals surface area contributed by atoms with Crippen molar-refractivity contribution in [1.29, 1.82) is 0 Å². The molecular formula is C9H12ClNO2. The van der Waals surface area contributed by atoms with E-state index >= 15 is 0 Å². The smallest absolute Gasteiger partial charge is 0.184 e. The molecule has 0 aliphatic carbocycles. The van der Waals surface area contributed by atoms with Crippen molar-refractivity contribution in [3.8, 4) is 11.5 Å². The number of benzene rings is 1. The predicted molar refractivity (Wildman–Crippen MR) is 54.2 cm³/mol. The summed E-state index contributed by atoms with van der Waals surface area (Å²) in [6, 6.07) is 5.82. The second kappa shape index (κ2) is 4.23. The van der Waals surface area contributed by atoms with Crippen LogP contribution in [0.1, 0.15) is 0 Å². The molecule has 0 unspecified atom stereocenters. The minimum Gasteiger partial charge on any atom is -0.493 e. The summed E-state index contributed by atoms with van der Waals surface area (Å²) >= 11 is 0. The van der Waals surface area contributed by atoms with E-state index < -0.39 is 0 Å². The summed E-state index contributed by atoms with van der Waals surface area (Å²) in [7, 11) is 1.65. The van der Waals surface area contributed by atoms with E-state index in [0.29, 0.717) is 6.61 Å². The lowest BCUT2D eigenvalue weighted by Gasteiger charge is -2.20. The Morgan fingerprint density at radius 3 is 3.08 bits per heavy atom. The molecule has 0 fully saturated rings. The number of anilines is 1. The van der Waals surface area contributed by atoms with Crippen LogP contribution in [0.3, 0.4) is 0 Å². The van der Waals surface area contributed by atoms with Gasteiger partial charge in [-0.15, -0.1) is 12.4 Å². The van der Waals surface area contributed by atoms with Gasteiger partial charge >= 0.3 is 0 Å². The SMILES string of the molecule is COc1cccc2c1OCCN2.Cl. The van der Waals surface area contributed by atoms with E-state index in [1.54, 1.807) is 7.11 Å². The summed E-state index contributed by atoms with van der Waals surface area (Å²) < 4.78 is 10.6. The van der Waals surface area contributed by atoms with Crippen LogP contribution in [0.25, 0.3) is 0 Å². The highest BCUT2D eigenvalue weighted by Gasteiger charge is 2.13. The highest BCUT2D eigenvalue weighted by molar-refractivity contribution is 5.85. The van der Waals surface area contributed by atoms with Crippen molar-refractivity contribution in [1.82, 2.24) is 0 Å². The molecule has 0 aromatic heterocycles. The first kappa shape index (κ1) is 9.99. The third-order valence-electron chi connectivity index (χ3n) is 1.86. The first-order chi connectivity index (χ1) is 5.92. The largest absolute Gasteiger partial charge is 0.493 e. The molecule has 1 N–H and O–H groups in total. The Morgan fingerprint density at radius 2 is 2.31 bits per heavy atom. The second-order valence-electron chi connectivity index (χ2n) is 2.61. The topological polar surface area (TPSA) is 30.5 Å². The molecule has 0 radical (unpaired) electrons. The Labute approximate surface area is 83.5 Å². The van der Waals surface area contributed by atoms with Gasteiger partial charge in [0.25, 0.3) is 0 Å². The van der Waals surface area contributed by atoms with Crippen molar-refractivity contribution < 1.29 is 9.47 Å². The Morgan fingerprint density at radius 1 is 1.46 bits per heavy atom. The first-order valence-electron chi connectivity index (χ1n) is 3.95. The van der Waals surface area contributed by atoms with Crippen molar-refractivity contribution in [2.24, 2.45) is 0 Å². The van der Waals surface area contributed by atoms with Gasteiger partial charge in [0, 0.05) is 6.54 Å². The Balaban J connectivity index is 0.000000845. The zero-order valence-corrected chi connectivity index (χ0v) is 8.19. The fourth-order valence-corrected chi connectivity index (χ4v) is 1.30. The molecule has 4 heteroatoms. The maximum absolute atomic E-state index is 5.46. The second-order valence-corrected chi connectivity index (χ2v) is 2.61. The van der Waals surface area contributed by atoms with Crippen LogP contribution in [0.5, 0.6) is 11.5 Å². The van der Waals surface area contributed by atoms with Gasteiger partial charge in [0.15, 0.2) is 11.5 Å². The van der Waals surface area contributed by atoms with Gasteiger partial charge in [-0.25, -0.2) is 0 Å². The molecule has 0 spiro atoms. The van der Waals surface area contributed by atoms with Crippen LogP contribution in [0.15, 0.2) is 18.2 Å². The summed E-state index contributed by atoms with van der Waals surface area (Å²) in [4.78, 5) is 0. The van der Waals surface area contributed by atoms with Gasteiger partial charge < -0.3 is 14.8 Å². The lowest BCUT2D eigenvalue weighted by atomic mass is 10.2. The van der Waals surface area contributed by atoms with E-state index in [-0.39, 0.29) is 12.4 Å². The molecule has 13 heavy (non-hydrogen) atoms. The molecule has 72 valence electrons. The van der Waals surface area contributed by atoms with Crippen LogP contribution in [-0.2, 0) is 0 Å². The zero-order valence-electron chi connectivity index (χ0n) is 7.37. The molecule has 0 bridgehead atoms. The molecule has 1 aliphatic heterocycles. The van der Waals surface area contributed by atoms with Crippen molar-refractivity contribution in [3.05, 3.63) is 18.2 Å². The quantitative estimate of drug-likeness (QED) is 0.753. The van der Waals surface area contributed by atoms with Crippen molar-refractivity contribution >= 4 is 18.1 Å². The summed E-state index contributed by atoms with van der Waals surface area (Å²) in [6.07, 6.45) is 0. The van der Waals surface area contributed by atoms with Gasteiger partial charge in [0.2, 0.25) is 0 Å². The van der Waals surface area contributed by atoms with E-state index in [1.165, 1.54) is 0 Å². The van der Waals surface area contributed by atoms with Gasteiger partial charge in [0.1, 0.15) is 6.61 Å². The third-order valence-corrected chi connectivity index (χ3v) is 1.86. The number of methoxy groups -OCH3 is 1. The lowest BCUT2D eigenvalue weighted by Crippen LogP contribution is -2.18. The number of hydrogen-bond acceptors (Lipinski definition) is 3. The average molecular weight is 202 g/mol. The minimum atomic E-state index is 0. The van der Waals surface area contributed by atoms with E-state index in [9.17, 15) is 0 Å². The van der Waals surface area contributed by atoms with Crippen LogP contribution in [0.2, 0.25) is 0 Å². The summed E-state index contributed by atoms with van der Waals surface area (Å²) in [6.45, 7) is 1.56. The van der Waals surface area contributed by atoms with E-state index in [0.717, 1.165) is 23.7 Å². The molecular weight excluding hydrogens is 190 g/mol. The van der Waals surface area contributed by atoms with E-state index in [4.69, 9.17) is 9.47 Å². The monoisotopic (exact) mass is 201 g/mol. The molecule has 1 aromatic rings. The van der Waals surface area contributed by atoms with E-state index in [2.05, 4.69) is 5.32 Å². The molecule has 3 nitrogen and oxygen atoms in total. The fraction of sp³-hybridized carbons (Fsp3) is 0.333. The van der Waals surface area contributed by atoms with Crippen molar-refractivity contribution in [3.63, 3.8) is 0 Å². The van der Waals surface area contributed by atoms with Crippen LogP contribution in [-0.4, -0.2) is 20.3 Å². The normalized spacial score (nSPS) is 13.0. The van der Waals surface area contributed by atoms with Gasteiger partial charge in [-0.05, 0) is 12.1 Å². The third kappa shape index (κ3) is 1.80. The Kier molecular flexibility index (Phi) is 3.25. The average Bonchev–Trinajstić information content (AvgIpc) is 2.17. The summed E-state index contributed by atoms with van der Waals surface area (Å²) in [5.74, 6) is 1.62. The maximum atomic E-state index is 5.46. The number of hydrogen-bond donors (Lipinski definition) is 1. The zero-order chi connectivity index (χ0) is 8.39. The summed E-state index contributed by atoms with van der Waals surface area (Å²) in [5, 5.41) is 3.23. The number of fused-ring (bicyclic) bond motifs is 1. The van der Waals surface area contributed by atoms with Crippen LogP contribution < -0.4 is 14.8 Å². The molecule has 0 saturated heterocycles. The van der Waals surface area contributed by atoms with Gasteiger partial charge in [0.05, 0.1) is 12.8 Å². The number of nitrogens with one attached hydrogen (secondary N) is 1.